The monoisotopic (exact) mass is 553 g/mol. The van der Waals surface area contributed by atoms with Gasteiger partial charge in [-0.2, -0.15) is 5.10 Å². The molecular weight excluding hydrogens is 518 g/mol. The molecule has 12 heteroatoms. The predicted molar refractivity (Wildman–Crippen MR) is 145 cm³/mol. The Labute approximate surface area is 232 Å². The third kappa shape index (κ3) is 7.55. The first-order chi connectivity index (χ1) is 19.0. The second kappa shape index (κ2) is 13.5. The largest absolute Gasteiger partial charge is 0.467 e. The molecule has 0 aliphatic rings. The third-order valence-corrected chi connectivity index (χ3v) is 5.95. The van der Waals surface area contributed by atoms with Gasteiger partial charge in [0.15, 0.2) is 5.69 Å². The maximum atomic E-state index is 12.8. The Kier molecular flexibility index (Phi) is 10.2. The lowest BCUT2D eigenvalue weighted by atomic mass is 10.0. The smallest absolute Gasteiger partial charge is 0.328 e. The SMILES string of the molecule is CCOC(=O)[C@@H](NC(=O)c1cnc(-c2cccc(-c3cc(C(=O)N[C@@H](CC(C)C)C(=O)OC)n[nH]3)c2)o1)C(C)C. The molecule has 12 nitrogen and oxygen atoms in total. The van der Waals surface area contributed by atoms with Gasteiger partial charge >= 0.3 is 11.9 Å². The van der Waals surface area contributed by atoms with E-state index in [4.69, 9.17) is 13.9 Å². The summed E-state index contributed by atoms with van der Waals surface area (Å²) in [6, 6.07) is 7.03. The number of esters is 2. The highest BCUT2D eigenvalue weighted by Gasteiger charge is 2.28. The minimum atomic E-state index is -0.829. The molecule has 2 aromatic heterocycles. The highest BCUT2D eigenvalue weighted by molar-refractivity contribution is 5.96. The summed E-state index contributed by atoms with van der Waals surface area (Å²) in [5, 5.41) is 12.2. The van der Waals surface area contributed by atoms with E-state index in [1.165, 1.54) is 13.3 Å². The van der Waals surface area contributed by atoms with Gasteiger partial charge in [0.05, 0.1) is 25.6 Å². The zero-order chi connectivity index (χ0) is 29.4. The molecule has 3 rings (SSSR count). The summed E-state index contributed by atoms with van der Waals surface area (Å²) in [7, 11) is 1.27. The number of amides is 2. The lowest BCUT2D eigenvalue weighted by molar-refractivity contribution is -0.146. The Hall–Kier alpha value is -4.48. The van der Waals surface area contributed by atoms with Crippen LogP contribution in [0.15, 0.2) is 40.9 Å². The first-order valence-electron chi connectivity index (χ1n) is 13.0. The number of H-pyrrole nitrogens is 1. The van der Waals surface area contributed by atoms with Gasteiger partial charge in [-0.3, -0.25) is 14.7 Å². The molecule has 3 N–H and O–H groups in total. The Bertz CT molecular complexity index is 1340. The zero-order valence-corrected chi connectivity index (χ0v) is 23.4. The summed E-state index contributed by atoms with van der Waals surface area (Å²) in [6.07, 6.45) is 1.71. The number of nitrogens with zero attached hydrogens (tertiary/aromatic N) is 2. The fourth-order valence-corrected chi connectivity index (χ4v) is 3.92. The number of aromatic nitrogens is 3. The molecule has 0 unspecified atom stereocenters. The van der Waals surface area contributed by atoms with Crippen molar-refractivity contribution in [1.82, 2.24) is 25.8 Å². The van der Waals surface area contributed by atoms with Gasteiger partial charge < -0.3 is 24.5 Å². The number of carbonyl (C=O) groups excluding carboxylic acids is 4. The number of carbonyl (C=O) groups is 4. The van der Waals surface area contributed by atoms with E-state index in [-0.39, 0.29) is 35.8 Å². The number of oxazole rings is 1. The molecule has 0 saturated heterocycles. The average molecular weight is 554 g/mol. The number of benzene rings is 1. The normalized spacial score (nSPS) is 12.6. The second-order valence-electron chi connectivity index (χ2n) is 9.90. The molecule has 2 amide bonds. The Balaban J connectivity index is 1.75. The van der Waals surface area contributed by atoms with Crippen LogP contribution in [-0.4, -0.2) is 64.7 Å². The van der Waals surface area contributed by atoms with Crippen molar-refractivity contribution in [2.45, 2.75) is 53.1 Å². The molecule has 0 fully saturated rings. The van der Waals surface area contributed by atoms with Gasteiger partial charge in [0, 0.05) is 11.1 Å². The Morgan fingerprint density at radius 2 is 1.73 bits per heavy atom. The summed E-state index contributed by atoms with van der Waals surface area (Å²) >= 11 is 0. The Morgan fingerprint density at radius 1 is 1.00 bits per heavy atom. The van der Waals surface area contributed by atoms with E-state index < -0.39 is 35.8 Å². The second-order valence-corrected chi connectivity index (χ2v) is 9.90. The number of aromatic amines is 1. The summed E-state index contributed by atoms with van der Waals surface area (Å²) in [5.74, 6) is -2.04. The van der Waals surface area contributed by atoms with Gasteiger partial charge in [-0.05, 0) is 43.4 Å². The molecular formula is C28H35N5O7. The first kappa shape index (κ1) is 30.1. The van der Waals surface area contributed by atoms with Gasteiger partial charge in [0.25, 0.3) is 11.8 Å². The maximum absolute atomic E-state index is 12.8. The van der Waals surface area contributed by atoms with Crippen LogP contribution in [0.4, 0.5) is 0 Å². The van der Waals surface area contributed by atoms with E-state index in [1.807, 2.05) is 13.8 Å². The van der Waals surface area contributed by atoms with E-state index in [0.29, 0.717) is 23.2 Å². The predicted octanol–water partition coefficient (Wildman–Crippen LogP) is 3.37. The number of rotatable bonds is 12. The number of hydrogen-bond donors (Lipinski definition) is 3. The fourth-order valence-electron chi connectivity index (χ4n) is 3.92. The molecule has 0 spiro atoms. The summed E-state index contributed by atoms with van der Waals surface area (Å²) in [6.45, 7) is 9.38. The fraction of sp³-hybridized carbons (Fsp3) is 0.429. The molecule has 2 heterocycles. The third-order valence-electron chi connectivity index (χ3n) is 5.95. The summed E-state index contributed by atoms with van der Waals surface area (Å²) in [5.41, 5.74) is 1.91. The standard InChI is InChI=1S/C28H35N5O7/c1-7-39-28(37)23(16(4)5)31-25(35)22-14-29-26(40-22)18-10-8-9-17(12-18)19-13-20(33-32-19)24(34)30-21(11-15(2)3)27(36)38-6/h8-10,12-16,21,23H,7,11H2,1-6H3,(H,30,34)(H,31,35)(H,32,33)/t21-,23-/m0/s1. The van der Waals surface area contributed by atoms with Crippen LogP contribution < -0.4 is 10.6 Å². The van der Waals surface area contributed by atoms with E-state index in [0.717, 1.165) is 0 Å². The molecule has 3 aromatic rings. The molecule has 1 aromatic carbocycles. The summed E-state index contributed by atoms with van der Waals surface area (Å²) < 4.78 is 15.5. The maximum Gasteiger partial charge on any atom is 0.328 e. The number of methoxy groups -OCH3 is 1. The molecule has 214 valence electrons. The molecule has 2 atom stereocenters. The van der Waals surface area contributed by atoms with Crippen molar-refractivity contribution in [3.05, 3.63) is 48.0 Å². The average Bonchev–Trinajstić information content (AvgIpc) is 3.61. The van der Waals surface area contributed by atoms with Gasteiger partial charge in [-0.1, -0.05) is 39.8 Å². The molecule has 0 radical (unpaired) electrons. The van der Waals surface area contributed by atoms with E-state index in [2.05, 4.69) is 25.8 Å². The van der Waals surface area contributed by atoms with Crippen molar-refractivity contribution in [2.24, 2.45) is 11.8 Å². The van der Waals surface area contributed by atoms with Crippen LogP contribution in [-0.2, 0) is 19.1 Å². The van der Waals surface area contributed by atoms with Crippen molar-refractivity contribution in [3.8, 4) is 22.7 Å². The lowest BCUT2D eigenvalue weighted by Gasteiger charge is -2.19. The van der Waals surface area contributed by atoms with Gasteiger partial charge in [0.1, 0.15) is 12.1 Å². The first-order valence-corrected chi connectivity index (χ1v) is 13.0. The zero-order valence-electron chi connectivity index (χ0n) is 23.4. The van der Waals surface area contributed by atoms with Crippen LogP contribution >= 0.6 is 0 Å². The summed E-state index contributed by atoms with van der Waals surface area (Å²) in [4.78, 5) is 54.0. The highest BCUT2D eigenvalue weighted by Crippen LogP contribution is 2.26. The van der Waals surface area contributed by atoms with Crippen LogP contribution in [0.5, 0.6) is 0 Å². The quantitative estimate of drug-likeness (QED) is 0.285. The van der Waals surface area contributed by atoms with Crippen LogP contribution in [0.2, 0.25) is 0 Å². The number of hydrogen-bond acceptors (Lipinski definition) is 9. The van der Waals surface area contributed by atoms with Crippen molar-refractivity contribution in [2.75, 3.05) is 13.7 Å². The highest BCUT2D eigenvalue weighted by atomic mass is 16.5. The minimum Gasteiger partial charge on any atom is -0.467 e. The molecule has 0 bridgehead atoms. The van der Waals surface area contributed by atoms with Crippen molar-refractivity contribution >= 4 is 23.8 Å². The van der Waals surface area contributed by atoms with E-state index in [9.17, 15) is 19.2 Å². The Morgan fingerprint density at radius 3 is 2.38 bits per heavy atom. The van der Waals surface area contributed by atoms with Crippen molar-refractivity contribution in [3.63, 3.8) is 0 Å². The van der Waals surface area contributed by atoms with Gasteiger partial charge in [-0.15, -0.1) is 0 Å². The number of ether oxygens (including phenoxy) is 2. The van der Waals surface area contributed by atoms with Gasteiger partial charge in [0.2, 0.25) is 11.7 Å². The van der Waals surface area contributed by atoms with Crippen LogP contribution in [0.1, 0.15) is 62.1 Å². The van der Waals surface area contributed by atoms with Crippen LogP contribution in [0.25, 0.3) is 22.7 Å². The van der Waals surface area contributed by atoms with Crippen LogP contribution in [0, 0.1) is 11.8 Å². The van der Waals surface area contributed by atoms with Crippen molar-refractivity contribution < 1.29 is 33.1 Å². The molecule has 0 saturated carbocycles. The van der Waals surface area contributed by atoms with Crippen molar-refractivity contribution in [1.29, 1.82) is 0 Å². The lowest BCUT2D eigenvalue weighted by Crippen LogP contribution is -2.45. The number of nitrogens with one attached hydrogen (secondary N) is 3. The topological polar surface area (TPSA) is 166 Å². The van der Waals surface area contributed by atoms with Crippen LogP contribution in [0.3, 0.4) is 0 Å². The molecule has 0 aliphatic heterocycles. The van der Waals surface area contributed by atoms with E-state index >= 15 is 0 Å². The van der Waals surface area contributed by atoms with E-state index in [1.54, 1.807) is 51.1 Å². The minimum absolute atomic E-state index is 0.0580. The molecule has 40 heavy (non-hydrogen) atoms. The molecule has 0 aliphatic carbocycles. The van der Waals surface area contributed by atoms with Gasteiger partial charge in [-0.25, -0.2) is 14.6 Å².